The number of hydrogen-bond acceptors (Lipinski definition) is 4. The van der Waals surface area contributed by atoms with Gasteiger partial charge in [-0.15, -0.1) is 0 Å². The van der Waals surface area contributed by atoms with Gasteiger partial charge in [-0.05, 0) is 75.8 Å². The average Bonchev–Trinajstić information content (AvgIpc) is 3.65. The van der Waals surface area contributed by atoms with Crippen LogP contribution >= 0.6 is 11.6 Å². The van der Waals surface area contributed by atoms with Gasteiger partial charge in [0.25, 0.3) is 11.5 Å². The summed E-state index contributed by atoms with van der Waals surface area (Å²) in [5, 5.41) is 5.29. The number of rotatable bonds is 9. The number of nitrogens with two attached hydrogens (primary N) is 1. The van der Waals surface area contributed by atoms with E-state index in [0.717, 1.165) is 24.0 Å². The van der Waals surface area contributed by atoms with E-state index in [0.29, 0.717) is 41.6 Å². The Morgan fingerprint density at radius 2 is 1.79 bits per heavy atom. The number of benzene rings is 2. The van der Waals surface area contributed by atoms with E-state index in [9.17, 15) is 9.59 Å². The Kier molecular flexibility index (Phi) is 7.16. The standard InChI is InChI=1S/C30H34ClN5O2/c1-20-9-11-23(12-10-20)28(37)34(18-17-30(2,3)32)26(22-13-14-22)27-33-36-24(15-16-25(36)31)29(38)35(27)19-21-7-5-4-6-8-21/h4-12,15-16,22,26H,13-14,17-19,32H2,1-3H3. The first kappa shape index (κ1) is 26.2. The zero-order valence-electron chi connectivity index (χ0n) is 22.1. The van der Waals surface area contributed by atoms with Gasteiger partial charge in [0.2, 0.25) is 0 Å². The van der Waals surface area contributed by atoms with Crippen molar-refractivity contribution in [3.05, 3.63) is 105 Å². The van der Waals surface area contributed by atoms with Crippen LogP contribution in [-0.4, -0.2) is 37.1 Å². The molecule has 4 aromatic rings. The quantitative estimate of drug-likeness (QED) is 0.320. The Bertz CT molecular complexity index is 1500. The number of nitrogens with zero attached hydrogens (tertiary/aromatic N) is 4. The van der Waals surface area contributed by atoms with E-state index in [1.54, 1.807) is 16.7 Å². The molecule has 1 aliphatic carbocycles. The van der Waals surface area contributed by atoms with Gasteiger partial charge in [0, 0.05) is 17.6 Å². The van der Waals surface area contributed by atoms with E-state index in [4.69, 9.17) is 22.4 Å². The van der Waals surface area contributed by atoms with Crippen molar-refractivity contribution in [2.45, 2.75) is 58.2 Å². The summed E-state index contributed by atoms with van der Waals surface area (Å²) in [5.74, 6) is 0.638. The third-order valence-corrected chi connectivity index (χ3v) is 7.45. The minimum absolute atomic E-state index is 0.0923. The lowest BCUT2D eigenvalue weighted by molar-refractivity contribution is 0.0618. The first-order valence-electron chi connectivity index (χ1n) is 13.1. The van der Waals surface area contributed by atoms with Gasteiger partial charge in [-0.3, -0.25) is 14.2 Å². The van der Waals surface area contributed by atoms with Gasteiger partial charge in [0.05, 0.1) is 12.6 Å². The summed E-state index contributed by atoms with van der Waals surface area (Å²) in [6, 6.07) is 20.4. The molecule has 2 aromatic carbocycles. The van der Waals surface area contributed by atoms with Crippen LogP contribution in [0.15, 0.2) is 71.5 Å². The molecular formula is C30H34ClN5O2. The van der Waals surface area contributed by atoms with Gasteiger partial charge in [-0.1, -0.05) is 59.6 Å². The SMILES string of the molecule is Cc1ccc(C(=O)N(CCC(C)(C)N)C(c2nn3c(Cl)ccc3c(=O)n2Cc2ccccc2)C2CC2)cc1. The number of carbonyl (C=O) groups excluding carboxylic acids is 1. The highest BCUT2D eigenvalue weighted by Gasteiger charge is 2.42. The Labute approximate surface area is 227 Å². The molecule has 5 rings (SSSR count). The van der Waals surface area contributed by atoms with Crippen molar-refractivity contribution in [1.29, 1.82) is 0 Å². The first-order valence-corrected chi connectivity index (χ1v) is 13.5. The largest absolute Gasteiger partial charge is 0.328 e. The molecule has 0 spiro atoms. The van der Waals surface area contributed by atoms with Crippen LogP contribution in [0.3, 0.4) is 0 Å². The molecule has 1 fully saturated rings. The highest BCUT2D eigenvalue weighted by Crippen LogP contribution is 2.44. The topological polar surface area (TPSA) is 85.6 Å². The Morgan fingerprint density at radius 1 is 1.11 bits per heavy atom. The van der Waals surface area contributed by atoms with Crippen molar-refractivity contribution in [3.63, 3.8) is 0 Å². The van der Waals surface area contributed by atoms with Crippen molar-refractivity contribution in [3.8, 4) is 0 Å². The number of carbonyl (C=O) groups is 1. The van der Waals surface area contributed by atoms with Gasteiger partial charge >= 0.3 is 0 Å². The molecule has 0 radical (unpaired) electrons. The summed E-state index contributed by atoms with van der Waals surface area (Å²) in [7, 11) is 0. The van der Waals surface area contributed by atoms with Crippen LogP contribution in [0.2, 0.25) is 5.15 Å². The molecule has 38 heavy (non-hydrogen) atoms. The summed E-state index contributed by atoms with van der Waals surface area (Å²) in [6.45, 7) is 6.71. The summed E-state index contributed by atoms with van der Waals surface area (Å²) >= 11 is 6.46. The molecule has 2 aromatic heterocycles. The lowest BCUT2D eigenvalue weighted by atomic mass is 9.99. The number of fused-ring (bicyclic) bond motifs is 1. The van der Waals surface area contributed by atoms with E-state index in [1.165, 1.54) is 4.52 Å². The molecule has 1 saturated carbocycles. The molecular weight excluding hydrogens is 498 g/mol. The smallest absolute Gasteiger partial charge is 0.278 e. The molecule has 7 nitrogen and oxygen atoms in total. The van der Waals surface area contributed by atoms with E-state index in [2.05, 4.69) is 0 Å². The Hall–Kier alpha value is -3.42. The fourth-order valence-electron chi connectivity index (χ4n) is 4.86. The van der Waals surface area contributed by atoms with E-state index < -0.39 is 11.6 Å². The second-order valence-electron chi connectivity index (χ2n) is 11.1. The van der Waals surface area contributed by atoms with Gasteiger partial charge < -0.3 is 10.6 Å². The molecule has 1 unspecified atom stereocenters. The minimum atomic E-state index is -0.468. The summed E-state index contributed by atoms with van der Waals surface area (Å²) in [4.78, 5) is 29.8. The molecule has 1 aliphatic rings. The average molecular weight is 532 g/mol. The van der Waals surface area contributed by atoms with E-state index in [-0.39, 0.29) is 17.4 Å². The maximum atomic E-state index is 14.1. The molecule has 0 bridgehead atoms. The molecule has 1 amide bonds. The lowest BCUT2D eigenvalue weighted by Gasteiger charge is -2.35. The number of halogens is 1. The number of aryl methyl sites for hydroxylation is 1. The minimum Gasteiger partial charge on any atom is -0.328 e. The van der Waals surface area contributed by atoms with Crippen LogP contribution in [0.25, 0.3) is 5.52 Å². The highest BCUT2D eigenvalue weighted by molar-refractivity contribution is 6.29. The van der Waals surface area contributed by atoms with Crippen LogP contribution in [0.1, 0.15) is 66.5 Å². The van der Waals surface area contributed by atoms with Crippen LogP contribution in [-0.2, 0) is 6.54 Å². The van der Waals surface area contributed by atoms with Crippen LogP contribution in [0.5, 0.6) is 0 Å². The molecule has 1 atom stereocenters. The van der Waals surface area contributed by atoms with Crippen LogP contribution in [0, 0.1) is 12.8 Å². The van der Waals surface area contributed by atoms with Crippen LogP contribution < -0.4 is 11.3 Å². The number of aromatic nitrogens is 3. The normalized spacial score (nSPS) is 14.6. The highest BCUT2D eigenvalue weighted by atomic mass is 35.5. The van der Waals surface area contributed by atoms with E-state index >= 15 is 0 Å². The zero-order valence-corrected chi connectivity index (χ0v) is 22.9. The van der Waals surface area contributed by atoms with Gasteiger partial charge in [-0.2, -0.15) is 5.10 Å². The molecule has 8 heteroatoms. The van der Waals surface area contributed by atoms with Crippen molar-refractivity contribution in [1.82, 2.24) is 19.1 Å². The van der Waals surface area contributed by atoms with Crippen molar-refractivity contribution < 1.29 is 4.79 Å². The predicted octanol–water partition coefficient (Wildman–Crippen LogP) is 5.23. The predicted molar refractivity (Wildman–Crippen MR) is 151 cm³/mol. The number of amides is 1. The van der Waals surface area contributed by atoms with Crippen molar-refractivity contribution in [2.75, 3.05) is 6.54 Å². The summed E-state index contributed by atoms with van der Waals surface area (Å²) in [5.41, 5.74) is 8.81. The summed E-state index contributed by atoms with van der Waals surface area (Å²) in [6.07, 6.45) is 2.50. The van der Waals surface area contributed by atoms with E-state index in [1.807, 2.05) is 80.3 Å². The second-order valence-corrected chi connectivity index (χ2v) is 11.5. The monoisotopic (exact) mass is 531 g/mol. The first-order chi connectivity index (χ1) is 18.1. The molecule has 2 N–H and O–H groups in total. The maximum Gasteiger partial charge on any atom is 0.278 e. The van der Waals surface area contributed by atoms with Crippen molar-refractivity contribution >= 4 is 23.0 Å². The van der Waals surface area contributed by atoms with Gasteiger partial charge in [0.1, 0.15) is 10.7 Å². The molecule has 2 heterocycles. The third-order valence-electron chi connectivity index (χ3n) is 7.16. The van der Waals surface area contributed by atoms with Gasteiger partial charge in [0.15, 0.2) is 5.82 Å². The fraction of sp³-hybridized carbons (Fsp3) is 0.367. The Balaban J connectivity index is 1.68. The van der Waals surface area contributed by atoms with Crippen molar-refractivity contribution in [2.24, 2.45) is 11.7 Å². The maximum absolute atomic E-state index is 14.1. The Morgan fingerprint density at radius 3 is 2.42 bits per heavy atom. The van der Waals surface area contributed by atoms with Crippen LogP contribution in [0.4, 0.5) is 0 Å². The molecule has 0 saturated heterocycles. The summed E-state index contributed by atoms with van der Waals surface area (Å²) < 4.78 is 3.21. The van der Waals surface area contributed by atoms with Gasteiger partial charge in [-0.25, -0.2) is 4.52 Å². The number of hydrogen-bond donors (Lipinski definition) is 1. The fourth-order valence-corrected chi connectivity index (χ4v) is 5.05. The lowest BCUT2D eigenvalue weighted by Crippen LogP contribution is -2.44. The zero-order chi connectivity index (χ0) is 27.0. The molecule has 198 valence electrons. The second kappa shape index (κ2) is 10.4. The molecule has 0 aliphatic heterocycles. The third kappa shape index (κ3) is 5.54.